The summed E-state index contributed by atoms with van der Waals surface area (Å²) >= 11 is 5.83. The van der Waals surface area contributed by atoms with Crippen LogP contribution in [0.5, 0.6) is 11.5 Å². The number of hydrogen-bond acceptors (Lipinski definition) is 4. The van der Waals surface area contributed by atoms with E-state index in [0.717, 1.165) is 0 Å². The zero-order valence-corrected chi connectivity index (χ0v) is 11.4. The third kappa shape index (κ3) is 3.86. The first-order valence-electron chi connectivity index (χ1n) is 5.75. The largest absolute Gasteiger partial charge is 0.493 e. The molecule has 0 saturated carbocycles. The summed E-state index contributed by atoms with van der Waals surface area (Å²) in [5.74, 6) is -0.754. The van der Waals surface area contributed by atoms with Crippen molar-refractivity contribution >= 4 is 23.9 Å². The van der Waals surface area contributed by atoms with Crippen molar-refractivity contribution in [2.24, 2.45) is 0 Å². The summed E-state index contributed by atoms with van der Waals surface area (Å²) in [7, 11) is 1.39. The second-order valence-electron chi connectivity index (χ2n) is 3.88. The minimum atomic E-state index is -1.09. The Labute approximate surface area is 116 Å². The van der Waals surface area contributed by atoms with E-state index in [1.54, 1.807) is 0 Å². The number of carboxylic acids is 1. The second-order valence-corrected chi connectivity index (χ2v) is 4.31. The van der Waals surface area contributed by atoms with Crippen molar-refractivity contribution < 1.29 is 24.2 Å². The third-order valence-corrected chi connectivity index (χ3v) is 2.70. The van der Waals surface area contributed by atoms with Gasteiger partial charge in [0.15, 0.2) is 23.9 Å². The highest BCUT2D eigenvalue weighted by Crippen LogP contribution is 2.34. The van der Waals surface area contributed by atoms with Gasteiger partial charge in [0.1, 0.15) is 0 Å². The fourth-order valence-electron chi connectivity index (χ4n) is 1.59. The van der Waals surface area contributed by atoms with E-state index in [1.165, 1.54) is 19.2 Å². The molecule has 1 atom stereocenters. The van der Waals surface area contributed by atoms with Gasteiger partial charge in [0.2, 0.25) is 0 Å². The molecule has 0 bridgehead atoms. The summed E-state index contributed by atoms with van der Waals surface area (Å²) in [4.78, 5) is 22.1. The number of carbonyl (C=O) groups excluding carboxylic acids is 1. The Morgan fingerprint density at radius 2 is 2.21 bits per heavy atom. The van der Waals surface area contributed by atoms with Crippen molar-refractivity contribution in [1.82, 2.24) is 0 Å². The summed E-state index contributed by atoms with van der Waals surface area (Å²) in [6, 6.07) is 2.87. The maximum atomic E-state index is 11.1. The summed E-state index contributed by atoms with van der Waals surface area (Å²) < 4.78 is 10.5. The summed E-state index contributed by atoms with van der Waals surface area (Å²) in [5, 5.41) is 9.38. The van der Waals surface area contributed by atoms with Crippen molar-refractivity contribution in [1.29, 1.82) is 0 Å². The fraction of sp³-hybridized carbons (Fsp3) is 0.385. The smallest absolute Gasteiger partial charge is 0.344 e. The van der Waals surface area contributed by atoms with Crippen LogP contribution in [0.3, 0.4) is 0 Å². The highest BCUT2D eigenvalue weighted by molar-refractivity contribution is 6.31. The van der Waals surface area contributed by atoms with Crippen LogP contribution in [-0.2, 0) is 4.79 Å². The van der Waals surface area contributed by atoms with E-state index in [4.69, 9.17) is 26.2 Å². The molecule has 0 spiro atoms. The van der Waals surface area contributed by atoms with Crippen LogP contribution in [0.15, 0.2) is 12.1 Å². The van der Waals surface area contributed by atoms with Crippen LogP contribution in [0, 0.1) is 0 Å². The fourth-order valence-corrected chi connectivity index (χ4v) is 1.81. The van der Waals surface area contributed by atoms with Crippen molar-refractivity contribution in [2.75, 3.05) is 7.11 Å². The molecular formula is C13H15ClO5. The van der Waals surface area contributed by atoms with Crippen molar-refractivity contribution in [3.05, 3.63) is 22.7 Å². The average Bonchev–Trinajstić information content (AvgIpc) is 2.38. The van der Waals surface area contributed by atoms with Gasteiger partial charge in [-0.15, -0.1) is 0 Å². The molecule has 0 amide bonds. The van der Waals surface area contributed by atoms with E-state index in [0.29, 0.717) is 24.2 Å². The van der Waals surface area contributed by atoms with Gasteiger partial charge in [0.25, 0.3) is 0 Å². The molecule has 0 saturated heterocycles. The summed E-state index contributed by atoms with van der Waals surface area (Å²) in [6.45, 7) is 1.85. The molecule has 0 aromatic heterocycles. The number of halogens is 1. The van der Waals surface area contributed by atoms with Crippen LogP contribution in [0.1, 0.15) is 30.1 Å². The number of ether oxygens (including phenoxy) is 2. The molecule has 1 N–H and O–H groups in total. The molecule has 6 heteroatoms. The van der Waals surface area contributed by atoms with Gasteiger partial charge in [0.05, 0.1) is 12.7 Å². The number of aliphatic carboxylic acids is 1. The van der Waals surface area contributed by atoms with Gasteiger partial charge in [0, 0.05) is 11.1 Å². The minimum Gasteiger partial charge on any atom is -0.493 e. The molecule has 0 heterocycles. The molecule has 1 aromatic rings. The van der Waals surface area contributed by atoms with Gasteiger partial charge in [-0.1, -0.05) is 24.9 Å². The van der Waals surface area contributed by atoms with E-state index in [2.05, 4.69) is 0 Å². The van der Waals surface area contributed by atoms with Gasteiger partial charge in [-0.3, -0.25) is 4.79 Å². The second kappa shape index (κ2) is 6.99. The number of benzene rings is 1. The normalized spacial score (nSPS) is 11.7. The van der Waals surface area contributed by atoms with E-state index >= 15 is 0 Å². The van der Waals surface area contributed by atoms with Gasteiger partial charge < -0.3 is 14.6 Å². The molecule has 19 heavy (non-hydrogen) atoms. The Bertz CT molecular complexity index is 472. The number of carbonyl (C=O) groups is 2. The molecule has 0 aliphatic heterocycles. The first-order chi connectivity index (χ1) is 9.03. The molecule has 1 rings (SSSR count). The van der Waals surface area contributed by atoms with Crippen LogP contribution >= 0.6 is 11.6 Å². The average molecular weight is 287 g/mol. The van der Waals surface area contributed by atoms with Gasteiger partial charge in [-0.2, -0.15) is 0 Å². The molecule has 0 fully saturated rings. The highest BCUT2D eigenvalue weighted by atomic mass is 35.5. The molecule has 0 aliphatic carbocycles. The lowest BCUT2D eigenvalue weighted by atomic mass is 10.1. The van der Waals surface area contributed by atoms with E-state index in [9.17, 15) is 9.59 Å². The predicted octanol–water partition coefficient (Wildman–Crippen LogP) is 2.79. The highest BCUT2D eigenvalue weighted by Gasteiger charge is 2.22. The first kappa shape index (κ1) is 15.3. The lowest BCUT2D eigenvalue weighted by Gasteiger charge is -2.18. The number of aldehydes is 1. The van der Waals surface area contributed by atoms with E-state index in [1.807, 2.05) is 6.92 Å². The monoisotopic (exact) mass is 286 g/mol. The van der Waals surface area contributed by atoms with Crippen LogP contribution in [0.25, 0.3) is 0 Å². The number of hydrogen-bond donors (Lipinski definition) is 1. The maximum absolute atomic E-state index is 11.1. The molecular weight excluding hydrogens is 272 g/mol. The molecule has 0 aliphatic rings. The SMILES string of the molecule is CCCC(Oc1c(C=O)cc(Cl)cc1OC)C(=O)O. The Morgan fingerprint density at radius 3 is 2.68 bits per heavy atom. The Morgan fingerprint density at radius 1 is 1.53 bits per heavy atom. The van der Waals surface area contributed by atoms with Crippen LogP contribution in [0.4, 0.5) is 0 Å². The third-order valence-electron chi connectivity index (χ3n) is 2.48. The van der Waals surface area contributed by atoms with Crippen molar-refractivity contribution in [3.8, 4) is 11.5 Å². The van der Waals surface area contributed by atoms with Crippen molar-refractivity contribution in [3.63, 3.8) is 0 Å². The van der Waals surface area contributed by atoms with E-state index in [-0.39, 0.29) is 17.1 Å². The van der Waals surface area contributed by atoms with Crippen LogP contribution < -0.4 is 9.47 Å². The van der Waals surface area contributed by atoms with E-state index < -0.39 is 12.1 Å². The quantitative estimate of drug-likeness (QED) is 0.780. The Hall–Kier alpha value is -1.75. The Kier molecular flexibility index (Phi) is 5.63. The topological polar surface area (TPSA) is 72.8 Å². The summed E-state index contributed by atoms with van der Waals surface area (Å²) in [5.41, 5.74) is 0.159. The first-order valence-corrected chi connectivity index (χ1v) is 6.13. The standard InChI is InChI=1S/C13H15ClO5/c1-3-4-10(13(16)17)19-12-8(7-15)5-9(14)6-11(12)18-2/h5-7,10H,3-4H2,1-2H3,(H,16,17). The van der Waals surface area contributed by atoms with Crippen LogP contribution in [0.2, 0.25) is 5.02 Å². The molecule has 0 radical (unpaired) electrons. The molecule has 5 nitrogen and oxygen atoms in total. The number of methoxy groups -OCH3 is 1. The van der Waals surface area contributed by atoms with Crippen molar-refractivity contribution in [2.45, 2.75) is 25.9 Å². The number of carboxylic acid groups (broad SMARTS) is 1. The van der Waals surface area contributed by atoms with Gasteiger partial charge >= 0.3 is 5.97 Å². The Balaban J connectivity index is 3.16. The molecule has 104 valence electrons. The zero-order valence-electron chi connectivity index (χ0n) is 10.7. The molecule has 1 aromatic carbocycles. The van der Waals surface area contributed by atoms with Gasteiger partial charge in [-0.05, 0) is 12.5 Å². The lowest BCUT2D eigenvalue weighted by Crippen LogP contribution is -2.27. The van der Waals surface area contributed by atoms with Gasteiger partial charge in [-0.25, -0.2) is 4.79 Å². The van der Waals surface area contributed by atoms with Crippen LogP contribution in [-0.4, -0.2) is 30.6 Å². The number of rotatable bonds is 7. The maximum Gasteiger partial charge on any atom is 0.344 e. The zero-order chi connectivity index (χ0) is 14.4. The summed E-state index contributed by atoms with van der Waals surface area (Å²) in [6.07, 6.45) is 0.496. The minimum absolute atomic E-state index is 0.0998. The lowest BCUT2D eigenvalue weighted by molar-refractivity contribution is -0.145. The molecule has 1 unspecified atom stereocenters. The predicted molar refractivity (Wildman–Crippen MR) is 70.4 cm³/mol.